The fraction of sp³-hybridized carbons (Fsp3) is 0.143. The first-order chi connectivity index (χ1) is 13.3. The Morgan fingerprint density at radius 3 is 2.61 bits per heavy atom. The molecule has 1 aromatic heterocycles. The molecule has 142 valence electrons. The Morgan fingerprint density at radius 1 is 1.14 bits per heavy atom. The maximum absolute atomic E-state index is 12.7. The van der Waals surface area contributed by atoms with Crippen molar-refractivity contribution in [3.63, 3.8) is 0 Å². The number of carbonyl (C=O) groups excluding carboxylic acids is 1. The van der Waals surface area contributed by atoms with Crippen molar-refractivity contribution in [1.29, 1.82) is 0 Å². The summed E-state index contributed by atoms with van der Waals surface area (Å²) in [6.07, 6.45) is -4.41. The number of alkyl halides is 3. The summed E-state index contributed by atoms with van der Waals surface area (Å²) in [5, 5.41) is 3.40. The number of aryl methyl sites for hydroxylation is 1. The smallest absolute Gasteiger partial charge is 0.340 e. The standard InChI is InChI=1S/C21H15F3N2OS/c1-14-18(28-20(26-14)16-9-3-2-4-10-16)19(27)25-12-6-8-15-7-5-11-17(13-15)21(22,23)24/h2-5,7,9-11,13H,12H2,1H3,(H,25,27). The highest BCUT2D eigenvalue weighted by molar-refractivity contribution is 7.17. The van der Waals surface area contributed by atoms with E-state index in [0.717, 1.165) is 22.7 Å². The van der Waals surface area contributed by atoms with Gasteiger partial charge in [-0.15, -0.1) is 11.3 Å². The van der Waals surface area contributed by atoms with E-state index in [1.807, 2.05) is 30.3 Å². The molecule has 1 amide bonds. The van der Waals surface area contributed by atoms with Gasteiger partial charge < -0.3 is 5.32 Å². The Labute approximate surface area is 164 Å². The zero-order valence-corrected chi connectivity index (χ0v) is 15.6. The van der Waals surface area contributed by atoms with Gasteiger partial charge in [0.25, 0.3) is 5.91 Å². The molecule has 3 nitrogen and oxygen atoms in total. The normalized spacial score (nSPS) is 10.9. The number of nitrogens with one attached hydrogen (secondary N) is 1. The number of hydrogen-bond donors (Lipinski definition) is 1. The molecule has 7 heteroatoms. The summed E-state index contributed by atoms with van der Waals surface area (Å²) in [6.45, 7) is 1.78. The second-order valence-corrected chi connectivity index (χ2v) is 6.86. The first kappa shape index (κ1) is 19.6. The van der Waals surface area contributed by atoms with Crippen LogP contribution in [0.2, 0.25) is 0 Å². The number of thiazole rings is 1. The van der Waals surface area contributed by atoms with E-state index in [0.29, 0.717) is 10.6 Å². The summed E-state index contributed by atoms with van der Waals surface area (Å²) in [5.74, 6) is 5.00. The Kier molecular flexibility index (Phi) is 5.81. The van der Waals surface area contributed by atoms with Crippen LogP contribution in [0.3, 0.4) is 0 Å². The first-order valence-corrected chi connectivity index (χ1v) is 9.13. The van der Waals surface area contributed by atoms with Gasteiger partial charge in [0.15, 0.2) is 0 Å². The number of halogens is 3. The molecule has 0 fully saturated rings. The lowest BCUT2D eigenvalue weighted by molar-refractivity contribution is -0.137. The van der Waals surface area contributed by atoms with Crippen molar-refractivity contribution >= 4 is 17.2 Å². The second-order valence-electron chi connectivity index (χ2n) is 5.86. The van der Waals surface area contributed by atoms with E-state index in [4.69, 9.17) is 0 Å². The molecule has 3 aromatic rings. The largest absolute Gasteiger partial charge is 0.416 e. The zero-order chi connectivity index (χ0) is 20.1. The van der Waals surface area contributed by atoms with Crippen molar-refractivity contribution in [2.45, 2.75) is 13.1 Å². The fourth-order valence-corrected chi connectivity index (χ4v) is 3.42. The molecule has 0 saturated carbocycles. The number of hydrogen-bond acceptors (Lipinski definition) is 3. The molecule has 0 saturated heterocycles. The third kappa shape index (κ3) is 4.78. The summed E-state index contributed by atoms with van der Waals surface area (Å²) in [4.78, 5) is 17.3. The third-order valence-electron chi connectivity index (χ3n) is 3.78. The van der Waals surface area contributed by atoms with E-state index in [1.165, 1.54) is 23.5 Å². The average Bonchev–Trinajstić information content (AvgIpc) is 3.07. The second kappa shape index (κ2) is 8.28. The van der Waals surface area contributed by atoms with Crippen molar-refractivity contribution in [1.82, 2.24) is 10.3 Å². The van der Waals surface area contributed by atoms with E-state index in [2.05, 4.69) is 22.1 Å². The molecular weight excluding hydrogens is 385 g/mol. The quantitative estimate of drug-likeness (QED) is 0.634. The lowest BCUT2D eigenvalue weighted by Gasteiger charge is -2.05. The lowest BCUT2D eigenvalue weighted by atomic mass is 10.1. The molecule has 3 rings (SSSR count). The molecule has 1 N–H and O–H groups in total. The highest BCUT2D eigenvalue weighted by Gasteiger charge is 2.30. The van der Waals surface area contributed by atoms with Gasteiger partial charge in [0, 0.05) is 11.1 Å². The molecule has 2 aromatic carbocycles. The van der Waals surface area contributed by atoms with Crippen LogP contribution < -0.4 is 5.32 Å². The Balaban J connectivity index is 1.65. The van der Waals surface area contributed by atoms with Crippen LogP contribution in [-0.2, 0) is 6.18 Å². The lowest BCUT2D eigenvalue weighted by Crippen LogP contribution is -2.23. The average molecular weight is 400 g/mol. The number of amides is 1. The summed E-state index contributed by atoms with van der Waals surface area (Å²) < 4.78 is 38.1. The van der Waals surface area contributed by atoms with Gasteiger partial charge in [-0.05, 0) is 25.1 Å². The Bertz CT molecular complexity index is 1050. The SMILES string of the molecule is Cc1nc(-c2ccccc2)sc1C(=O)NCC#Cc1cccc(C(F)(F)F)c1. The van der Waals surface area contributed by atoms with Crippen molar-refractivity contribution in [3.8, 4) is 22.4 Å². The number of rotatable bonds is 3. The monoisotopic (exact) mass is 400 g/mol. The molecule has 0 bridgehead atoms. The molecule has 1 heterocycles. The van der Waals surface area contributed by atoms with E-state index >= 15 is 0 Å². The minimum atomic E-state index is -4.41. The molecule has 0 atom stereocenters. The number of benzene rings is 2. The van der Waals surface area contributed by atoms with Gasteiger partial charge >= 0.3 is 6.18 Å². The van der Waals surface area contributed by atoms with Crippen LogP contribution in [0, 0.1) is 18.8 Å². The third-order valence-corrected chi connectivity index (χ3v) is 4.99. The molecular formula is C21H15F3N2OS. The van der Waals surface area contributed by atoms with Crippen LogP contribution in [0.5, 0.6) is 0 Å². The number of nitrogens with zero attached hydrogens (tertiary/aromatic N) is 1. The molecule has 0 unspecified atom stereocenters. The molecule has 0 aliphatic carbocycles. The fourth-order valence-electron chi connectivity index (χ4n) is 2.44. The minimum absolute atomic E-state index is 0.0209. The van der Waals surface area contributed by atoms with E-state index in [9.17, 15) is 18.0 Å². The van der Waals surface area contributed by atoms with Crippen LogP contribution in [0.4, 0.5) is 13.2 Å². The molecule has 0 radical (unpaired) electrons. The first-order valence-electron chi connectivity index (χ1n) is 8.32. The zero-order valence-electron chi connectivity index (χ0n) is 14.8. The molecule has 0 aliphatic heterocycles. The summed E-state index contributed by atoms with van der Waals surface area (Å²) in [6, 6.07) is 14.3. The van der Waals surface area contributed by atoms with Crippen LogP contribution in [0.15, 0.2) is 54.6 Å². The van der Waals surface area contributed by atoms with Gasteiger partial charge in [0.1, 0.15) is 9.88 Å². The predicted octanol–water partition coefficient (Wildman–Crippen LogP) is 4.92. The van der Waals surface area contributed by atoms with Gasteiger partial charge in [-0.1, -0.05) is 48.2 Å². The minimum Gasteiger partial charge on any atom is -0.340 e. The van der Waals surface area contributed by atoms with Crippen LogP contribution in [0.25, 0.3) is 10.6 Å². The summed E-state index contributed by atoms with van der Waals surface area (Å²) in [5.41, 5.74) is 1.03. The maximum atomic E-state index is 12.7. The van der Waals surface area contributed by atoms with E-state index < -0.39 is 11.7 Å². The van der Waals surface area contributed by atoms with E-state index in [-0.39, 0.29) is 18.0 Å². The van der Waals surface area contributed by atoms with E-state index in [1.54, 1.807) is 6.92 Å². The van der Waals surface area contributed by atoms with Crippen LogP contribution in [-0.4, -0.2) is 17.4 Å². The van der Waals surface area contributed by atoms with Gasteiger partial charge in [-0.3, -0.25) is 4.79 Å². The van der Waals surface area contributed by atoms with Gasteiger partial charge in [0.2, 0.25) is 0 Å². The van der Waals surface area contributed by atoms with Crippen LogP contribution in [0.1, 0.15) is 26.5 Å². The van der Waals surface area contributed by atoms with Gasteiger partial charge in [0.05, 0.1) is 17.8 Å². The van der Waals surface area contributed by atoms with Crippen molar-refractivity contribution in [2.24, 2.45) is 0 Å². The highest BCUT2D eigenvalue weighted by Crippen LogP contribution is 2.29. The van der Waals surface area contributed by atoms with Gasteiger partial charge in [-0.25, -0.2) is 4.98 Å². The van der Waals surface area contributed by atoms with Gasteiger partial charge in [-0.2, -0.15) is 13.2 Å². The predicted molar refractivity (Wildman–Crippen MR) is 103 cm³/mol. The molecule has 0 spiro atoms. The maximum Gasteiger partial charge on any atom is 0.416 e. The number of carbonyl (C=O) groups is 1. The van der Waals surface area contributed by atoms with Crippen molar-refractivity contribution in [3.05, 3.63) is 76.3 Å². The Hall–Kier alpha value is -3.11. The Morgan fingerprint density at radius 2 is 1.89 bits per heavy atom. The molecule has 0 aliphatic rings. The molecule has 28 heavy (non-hydrogen) atoms. The highest BCUT2D eigenvalue weighted by atomic mass is 32.1. The number of aromatic nitrogens is 1. The van der Waals surface area contributed by atoms with Crippen LogP contribution >= 0.6 is 11.3 Å². The summed E-state index contributed by atoms with van der Waals surface area (Å²) >= 11 is 1.28. The van der Waals surface area contributed by atoms with Crippen molar-refractivity contribution in [2.75, 3.05) is 6.54 Å². The topological polar surface area (TPSA) is 42.0 Å². The van der Waals surface area contributed by atoms with Crippen molar-refractivity contribution < 1.29 is 18.0 Å². The summed E-state index contributed by atoms with van der Waals surface area (Å²) in [7, 11) is 0.